The van der Waals surface area contributed by atoms with Gasteiger partial charge >= 0.3 is 5.97 Å². The number of benzene rings is 1. The summed E-state index contributed by atoms with van der Waals surface area (Å²) in [5.74, 6) is -0.408. The van der Waals surface area contributed by atoms with Crippen molar-refractivity contribution >= 4 is 17.6 Å². The van der Waals surface area contributed by atoms with E-state index < -0.39 is 5.97 Å². The Morgan fingerprint density at radius 2 is 2.00 bits per heavy atom. The smallest absolute Gasteiger partial charge is 0.338 e. The Bertz CT molecular complexity index is 343. The first kappa shape index (κ1) is 11.8. The van der Waals surface area contributed by atoms with Gasteiger partial charge in [-0.05, 0) is 30.3 Å². The Kier molecular flexibility index (Phi) is 4.87. The van der Waals surface area contributed by atoms with Gasteiger partial charge in [0.05, 0.1) is 12.2 Å². The number of aliphatic hydroxyl groups excluding tert-OH is 1. The van der Waals surface area contributed by atoms with E-state index in [0.29, 0.717) is 10.6 Å². The summed E-state index contributed by atoms with van der Waals surface area (Å²) in [6.45, 7) is 0.0977. The molecular weight excluding hydrogens is 216 g/mol. The molecule has 1 aromatic rings. The molecule has 0 aliphatic heterocycles. The lowest BCUT2D eigenvalue weighted by Crippen LogP contribution is -2.04. The molecule has 0 unspecified atom stereocenters. The molecule has 15 heavy (non-hydrogen) atoms. The van der Waals surface area contributed by atoms with Gasteiger partial charge in [0.2, 0.25) is 0 Å². The van der Waals surface area contributed by atoms with Crippen LogP contribution in [0.5, 0.6) is 0 Å². The van der Waals surface area contributed by atoms with Crippen LogP contribution in [-0.2, 0) is 4.74 Å². The summed E-state index contributed by atoms with van der Waals surface area (Å²) < 4.78 is 4.89. The van der Waals surface area contributed by atoms with E-state index >= 15 is 0 Å². The van der Waals surface area contributed by atoms with Gasteiger partial charge in [-0.1, -0.05) is 17.7 Å². The highest BCUT2D eigenvalue weighted by Crippen LogP contribution is 2.10. The molecule has 4 heteroatoms. The van der Waals surface area contributed by atoms with Crippen molar-refractivity contribution < 1.29 is 14.6 Å². The number of ether oxygens (including phenoxy) is 1. The van der Waals surface area contributed by atoms with Crippen molar-refractivity contribution in [2.45, 2.75) is 0 Å². The molecule has 0 radical (unpaired) electrons. The van der Waals surface area contributed by atoms with Crippen LogP contribution in [0.15, 0.2) is 36.4 Å². The second kappa shape index (κ2) is 6.22. The second-order valence-corrected chi connectivity index (χ2v) is 3.20. The van der Waals surface area contributed by atoms with Gasteiger partial charge in [-0.2, -0.15) is 0 Å². The number of hydrogen-bond donors (Lipinski definition) is 1. The van der Waals surface area contributed by atoms with Crippen LogP contribution in [0.4, 0.5) is 0 Å². The van der Waals surface area contributed by atoms with Crippen LogP contribution in [-0.4, -0.2) is 24.3 Å². The van der Waals surface area contributed by atoms with Gasteiger partial charge in [0.25, 0.3) is 0 Å². The minimum atomic E-state index is -0.408. The molecule has 0 aromatic heterocycles. The second-order valence-electron chi connectivity index (χ2n) is 2.76. The summed E-state index contributed by atoms with van der Waals surface area (Å²) >= 11 is 5.67. The molecule has 0 bridgehead atoms. The molecule has 0 aliphatic carbocycles. The zero-order valence-electron chi connectivity index (χ0n) is 8.02. The lowest BCUT2D eigenvalue weighted by Gasteiger charge is -2.01. The molecule has 0 spiro atoms. The average Bonchev–Trinajstić information content (AvgIpc) is 2.25. The maximum absolute atomic E-state index is 11.4. The van der Waals surface area contributed by atoms with Crippen LogP contribution in [0.3, 0.4) is 0 Å². The van der Waals surface area contributed by atoms with Crippen molar-refractivity contribution in [3.8, 4) is 0 Å². The van der Waals surface area contributed by atoms with Crippen molar-refractivity contribution in [1.82, 2.24) is 0 Å². The van der Waals surface area contributed by atoms with Gasteiger partial charge in [0, 0.05) is 5.02 Å². The molecule has 80 valence electrons. The molecule has 3 nitrogen and oxygen atoms in total. The van der Waals surface area contributed by atoms with E-state index in [-0.39, 0.29) is 13.2 Å². The highest BCUT2D eigenvalue weighted by Gasteiger charge is 2.04. The lowest BCUT2D eigenvalue weighted by molar-refractivity contribution is 0.0549. The third-order valence-corrected chi connectivity index (χ3v) is 1.91. The quantitative estimate of drug-likeness (QED) is 0.631. The van der Waals surface area contributed by atoms with Crippen molar-refractivity contribution in [3.63, 3.8) is 0 Å². The minimum absolute atomic E-state index is 0.0570. The van der Waals surface area contributed by atoms with Crippen molar-refractivity contribution in [3.05, 3.63) is 47.0 Å². The normalized spacial score (nSPS) is 10.5. The summed E-state index contributed by atoms with van der Waals surface area (Å²) in [6.07, 6.45) is 3.09. The van der Waals surface area contributed by atoms with Crippen LogP contribution >= 0.6 is 11.6 Å². The van der Waals surface area contributed by atoms with E-state index in [4.69, 9.17) is 21.4 Å². The molecule has 0 saturated heterocycles. The van der Waals surface area contributed by atoms with Crippen LogP contribution in [0.25, 0.3) is 0 Å². The molecule has 0 atom stereocenters. The third-order valence-electron chi connectivity index (χ3n) is 1.66. The van der Waals surface area contributed by atoms with Crippen molar-refractivity contribution in [2.24, 2.45) is 0 Å². The highest BCUT2D eigenvalue weighted by atomic mass is 35.5. The zero-order chi connectivity index (χ0) is 11.1. The van der Waals surface area contributed by atoms with E-state index in [1.807, 2.05) is 0 Å². The molecule has 1 aromatic carbocycles. The van der Waals surface area contributed by atoms with E-state index in [2.05, 4.69) is 0 Å². The Labute approximate surface area is 92.9 Å². The van der Waals surface area contributed by atoms with Gasteiger partial charge in [-0.3, -0.25) is 0 Å². The predicted molar refractivity (Wildman–Crippen MR) is 58.0 cm³/mol. The maximum Gasteiger partial charge on any atom is 0.338 e. The summed E-state index contributed by atoms with van der Waals surface area (Å²) in [4.78, 5) is 11.4. The number of rotatable bonds is 4. The number of carbonyl (C=O) groups is 1. The number of carbonyl (C=O) groups excluding carboxylic acids is 1. The molecule has 0 fully saturated rings. The van der Waals surface area contributed by atoms with E-state index in [0.717, 1.165) is 0 Å². The first-order valence-electron chi connectivity index (χ1n) is 4.42. The lowest BCUT2D eigenvalue weighted by atomic mass is 10.2. The van der Waals surface area contributed by atoms with Gasteiger partial charge < -0.3 is 9.84 Å². The molecule has 0 heterocycles. The molecular formula is C11H11ClO3. The SMILES string of the molecule is O=C(OC/C=C/CO)c1ccc(Cl)cc1. The number of hydrogen-bond acceptors (Lipinski definition) is 3. The van der Waals surface area contributed by atoms with Crippen molar-refractivity contribution in [1.29, 1.82) is 0 Å². The first-order chi connectivity index (χ1) is 7.24. The van der Waals surface area contributed by atoms with Gasteiger partial charge in [0.1, 0.15) is 6.61 Å². The monoisotopic (exact) mass is 226 g/mol. The highest BCUT2D eigenvalue weighted by molar-refractivity contribution is 6.30. The molecule has 0 amide bonds. The van der Waals surface area contributed by atoms with Gasteiger partial charge in [0.15, 0.2) is 0 Å². The van der Waals surface area contributed by atoms with Crippen LogP contribution in [0.2, 0.25) is 5.02 Å². The average molecular weight is 227 g/mol. The molecule has 1 N–H and O–H groups in total. The Balaban J connectivity index is 2.47. The maximum atomic E-state index is 11.4. The number of aliphatic hydroxyl groups is 1. The van der Waals surface area contributed by atoms with Crippen LogP contribution < -0.4 is 0 Å². The standard InChI is InChI=1S/C11H11ClO3/c12-10-5-3-9(4-6-10)11(14)15-8-2-1-7-13/h1-6,13H,7-8H2/b2-1+. The molecule has 0 aliphatic rings. The largest absolute Gasteiger partial charge is 0.458 e. The van der Waals surface area contributed by atoms with Crippen LogP contribution in [0.1, 0.15) is 10.4 Å². The molecule has 1 rings (SSSR count). The van der Waals surface area contributed by atoms with Gasteiger partial charge in [-0.15, -0.1) is 0 Å². The third kappa shape index (κ3) is 4.14. The van der Waals surface area contributed by atoms with Crippen molar-refractivity contribution in [2.75, 3.05) is 13.2 Å². The fraction of sp³-hybridized carbons (Fsp3) is 0.182. The summed E-state index contributed by atoms with van der Waals surface area (Å²) in [5.41, 5.74) is 0.455. The minimum Gasteiger partial charge on any atom is -0.458 e. The predicted octanol–water partition coefficient (Wildman–Crippen LogP) is 2.05. The Morgan fingerprint density at radius 3 is 2.60 bits per heavy atom. The molecule has 0 saturated carbocycles. The van der Waals surface area contributed by atoms with Gasteiger partial charge in [-0.25, -0.2) is 4.79 Å². The van der Waals surface area contributed by atoms with E-state index in [1.54, 1.807) is 30.3 Å². The number of esters is 1. The Morgan fingerprint density at radius 1 is 1.33 bits per heavy atom. The topological polar surface area (TPSA) is 46.5 Å². The Hall–Kier alpha value is -1.32. The first-order valence-corrected chi connectivity index (χ1v) is 4.80. The van der Waals surface area contributed by atoms with E-state index in [1.165, 1.54) is 6.08 Å². The fourth-order valence-corrected chi connectivity index (χ4v) is 1.06. The van der Waals surface area contributed by atoms with Crippen LogP contribution in [0, 0.1) is 0 Å². The summed E-state index contributed by atoms with van der Waals surface area (Å²) in [6, 6.07) is 6.45. The van der Waals surface area contributed by atoms with E-state index in [9.17, 15) is 4.79 Å². The number of halogens is 1. The summed E-state index contributed by atoms with van der Waals surface area (Å²) in [5, 5.41) is 9.01. The fourth-order valence-electron chi connectivity index (χ4n) is 0.936. The zero-order valence-corrected chi connectivity index (χ0v) is 8.78. The summed E-state index contributed by atoms with van der Waals surface area (Å²) in [7, 11) is 0.